The Kier molecular flexibility index (Phi) is 4.00. The quantitative estimate of drug-likeness (QED) is 0.715. The summed E-state index contributed by atoms with van der Waals surface area (Å²) in [4.78, 5) is 9.36. The normalized spacial score (nSPS) is 16.0. The summed E-state index contributed by atoms with van der Waals surface area (Å²) in [6.07, 6.45) is 3.18. The minimum Gasteiger partial charge on any atom is -0.369 e. The lowest BCUT2D eigenvalue weighted by Gasteiger charge is -2.17. The van der Waals surface area contributed by atoms with E-state index in [0.29, 0.717) is 12.4 Å². The zero-order valence-electron chi connectivity index (χ0n) is 13.9. The van der Waals surface area contributed by atoms with Crippen molar-refractivity contribution < 1.29 is 8.42 Å². The SMILES string of the molecule is CS(=O)(=O)CC1(CNc2nc(-c3ccsc3)nc3ccccc23)CC1. The highest BCUT2D eigenvalue weighted by Gasteiger charge is 2.45. The van der Waals surface area contributed by atoms with Crippen LogP contribution in [0.15, 0.2) is 41.1 Å². The summed E-state index contributed by atoms with van der Waals surface area (Å²) in [5.41, 5.74) is 1.73. The fraction of sp³-hybridized carbons (Fsp3) is 0.333. The molecule has 1 fully saturated rings. The van der Waals surface area contributed by atoms with Gasteiger partial charge in [0.2, 0.25) is 0 Å². The smallest absolute Gasteiger partial charge is 0.162 e. The van der Waals surface area contributed by atoms with E-state index in [9.17, 15) is 8.42 Å². The van der Waals surface area contributed by atoms with Gasteiger partial charge in [-0.05, 0) is 36.4 Å². The second kappa shape index (κ2) is 6.07. The van der Waals surface area contributed by atoms with Crippen molar-refractivity contribution in [2.24, 2.45) is 5.41 Å². The van der Waals surface area contributed by atoms with Crippen LogP contribution in [0.5, 0.6) is 0 Å². The molecule has 4 rings (SSSR count). The van der Waals surface area contributed by atoms with Crippen molar-refractivity contribution in [3.8, 4) is 11.4 Å². The van der Waals surface area contributed by atoms with Crippen LogP contribution in [0.2, 0.25) is 0 Å². The molecule has 0 spiro atoms. The minimum absolute atomic E-state index is 0.151. The zero-order chi connectivity index (χ0) is 17.5. The standard InChI is InChI=1S/C18H19N3O2S2/c1-25(22,23)12-18(7-8-18)11-19-17-14-4-2-3-5-15(14)20-16(21-17)13-6-9-24-10-13/h2-6,9-10H,7-8,11-12H2,1H3,(H,19,20,21). The summed E-state index contributed by atoms with van der Waals surface area (Å²) in [6.45, 7) is 0.615. The van der Waals surface area contributed by atoms with Gasteiger partial charge in [0.1, 0.15) is 15.7 Å². The molecule has 130 valence electrons. The number of aromatic nitrogens is 2. The fourth-order valence-electron chi connectivity index (χ4n) is 3.11. The van der Waals surface area contributed by atoms with E-state index in [1.807, 2.05) is 41.1 Å². The topological polar surface area (TPSA) is 72.0 Å². The van der Waals surface area contributed by atoms with Crippen molar-refractivity contribution in [1.82, 2.24) is 9.97 Å². The first-order valence-electron chi connectivity index (χ1n) is 8.15. The maximum atomic E-state index is 11.7. The summed E-state index contributed by atoms with van der Waals surface area (Å²) >= 11 is 1.61. The summed E-state index contributed by atoms with van der Waals surface area (Å²) in [5.74, 6) is 1.69. The van der Waals surface area contributed by atoms with E-state index in [0.717, 1.165) is 35.1 Å². The zero-order valence-corrected chi connectivity index (χ0v) is 15.5. The van der Waals surface area contributed by atoms with Crippen LogP contribution in [0.4, 0.5) is 5.82 Å². The Morgan fingerprint density at radius 3 is 2.68 bits per heavy atom. The molecule has 0 aliphatic heterocycles. The van der Waals surface area contributed by atoms with Gasteiger partial charge in [0.15, 0.2) is 5.82 Å². The summed E-state index contributed by atoms with van der Waals surface area (Å²) < 4.78 is 23.3. The maximum absolute atomic E-state index is 11.7. The second-order valence-electron chi connectivity index (χ2n) is 6.85. The molecule has 25 heavy (non-hydrogen) atoms. The molecule has 0 unspecified atom stereocenters. The number of hydrogen-bond acceptors (Lipinski definition) is 6. The van der Waals surface area contributed by atoms with Crippen LogP contribution < -0.4 is 5.32 Å². The van der Waals surface area contributed by atoms with Gasteiger partial charge < -0.3 is 5.32 Å². The third-order valence-corrected chi connectivity index (χ3v) is 6.36. The molecule has 7 heteroatoms. The van der Waals surface area contributed by atoms with Crippen molar-refractivity contribution in [2.75, 3.05) is 23.9 Å². The van der Waals surface area contributed by atoms with Gasteiger partial charge in [0.05, 0.1) is 11.3 Å². The van der Waals surface area contributed by atoms with E-state index >= 15 is 0 Å². The Hall–Kier alpha value is -1.99. The van der Waals surface area contributed by atoms with Crippen LogP contribution >= 0.6 is 11.3 Å². The predicted octanol–water partition coefficient (Wildman–Crippen LogP) is 3.60. The number of thiophene rings is 1. The van der Waals surface area contributed by atoms with Gasteiger partial charge in [0, 0.05) is 34.5 Å². The highest BCUT2D eigenvalue weighted by molar-refractivity contribution is 7.90. The molecule has 0 saturated heterocycles. The summed E-state index contributed by atoms with van der Waals surface area (Å²) in [7, 11) is -2.98. The molecule has 5 nitrogen and oxygen atoms in total. The van der Waals surface area contributed by atoms with Gasteiger partial charge in [-0.25, -0.2) is 18.4 Å². The van der Waals surface area contributed by atoms with E-state index in [4.69, 9.17) is 4.98 Å². The van der Waals surface area contributed by atoms with Crippen molar-refractivity contribution in [3.05, 3.63) is 41.1 Å². The lowest BCUT2D eigenvalue weighted by atomic mass is 10.1. The van der Waals surface area contributed by atoms with E-state index in [1.54, 1.807) is 11.3 Å². The Balaban J connectivity index is 1.67. The first-order valence-corrected chi connectivity index (χ1v) is 11.2. The summed E-state index contributed by atoms with van der Waals surface area (Å²) in [6, 6.07) is 9.89. The number of hydrogen-bond donors (Lipinski definition) is 1. The van der Waals surface area contributed by atoms with Crippen molar-refractivity contribution in [1.29, 1.82) is 0 Å². The minimum atomic E-state index is -2.98. The van der Waals surface area contributed by atoms with Gasteiger partial charge >= 0.3 is 0 Å². The fourth-order valence-corrected chi connectivity index (χ4v) is 5.25. The van der Waals surface area contributed by atoms with Gasteiger partial charge in [-0.1, -0.05) is 12.1 Å². The van der Waals surface area contributed by atoms with Crippen LogP contribution in [0.25, 0.3) is 22.3 Å². The first-order chi connectivity index (χ1) is 11.9. The molecule has 2 aromatic heterocycles. The highest BCUT2D eigenvalue weighted by Crippen LogP contribution is 2.46. The largest absolute Gasteiger partial charge is 0.369 e. The molecule has 0 bridgehead atoms. The van der Waals surface area contributed by atoms with E-state index in [2.05, 4.69) is 10.3 Å². The number of fused-ring (bicyclic) bond motifs is 1. The van der Waals surface area contributed by atoms with E-state index in [-0.39, 0.29) is 11.2 Å². The number of anilines is 1. The van der Waals surface area contributed by atoms with Crippen molar-refractivity contribution in [3.63, 3.8) is 0 Å². The number of benzene rings is 1. The molecular formula is C18H19N3O2S2. The lowest BCUT2D eigenvalue weighted by molar-refractivity contribution is 0.560. The number of rotatable bonds is 6. The van der Waals surface area contributed by atoms with Crippen molar-refractivity contribution in [2.45, 2.75) is 12.8 Å². The molecule has 1 saturated carbocycles. The van der Waals surface area contributed by atoms with Crippen LogP contribution in [0.3, 0.4) is 0 Å². The Morgan fingerprint density at radius 2 is 2.00 bits per heavy atom. The van der Waals surface area contributed by atoms with Gasteiger partial charge in [-0.15, -0.1) is 0 Å². The van der Waals surface area contributed by atoms with Gasteiger partial charge in [0.25, 0.3) is 0 Å². The highest BCUT2D eigenvalue weighted by atomic mass is 32.2. The lowest BCUT2D eigenvalue weighted by Crippen LogP contribution is -2.24. The monoisotopic (exact) mass is 373 g/mol. The molecule has 3 aromatic rings. The third-order valence-electron chi connectivity index (χ3n) is 4.54. The third kappa shape index (κ3) is 3.67. The number of nitrogens with one attached hydrogen (secondary N) is 1. The molecule has 0 amide bonds. The van der Waals surface area contributed by atoms with Crippen LogP contribution in [0, 0.1) is 5.41 Å². The predicted molar refractivity (Wildman–Crippen MR) is 103 cm³/mol. The van der Waals surface area contributed by atoms with Crippen LogP contribution in [-0.4, -0.2) is 36.9 Å². The van der Waals surface area contributed by atoms with Gasteiger partial charge in [-0.2, -0.15) is 11.3 Å². The average Bonchev–Trinajstić information content (AvgIpc) is 3.10. The Morgan fingerprint density at radius 1 is 1.20 bits per heavy atom. The molecule has 1 aliphatic carbocycles. The van der Waals surface area contributed by atoms with Crippen LogP contribution in [-0.2, 0) is 9.84 Å². The molecular weight excluding hydrogens is 354 g/mol. The van der Waals surface area contributed by atoms with Gasteiger partial charge in [-0.3, -0.25) is 0 Å². The first kappa shape index (κ1) is 16.5. The second-order valence-corrected chi connectivity index (χ2v) is 9.77. The molecule has 1 aromatic carbocycles. The Bertz CT molecular complexity index is 1010. The molecule has 0 radical (unpaired) electrons. The molecule has 2 heterocycles. The van der Waals surface area contributed by atoms with Crippen LogP contribution in [0.1, 0.15) is 12.8 Å². The number of sulfone groups is 1. The van der Waals surface area contributed by atoms with E-state index in [1.165, 1.54) is 6.26 Å². The number of para-hydroxylation sites is 1. The summed E-state index contributed by atoms with van der Waals surface area (Å²) in [5, 5.41) is 8.39. The molecule has 1 N–H and O–H groups in total. The maximum Gasteiger partial charge on any atom is 0.162 e. The van der Waals surface area contributed by atoms with E-state index < -0.39 is 9.84 Å². The van der Waals surface area contributed by atoms with Crippen molar-refractivity contribution >= 4 is 37.9 Å². The number of nitrogens with zero attached hydrogens (tertiary/aromatic N) is 2. The average molecular weight is 374 g/mol. The molecule has 1 aliphatic rings. The molecule has 0 atom stereocenters. The Labute approximate surface area is 151 Å².